The Morgan fingerprint density at radius 3 is 2.46 bits per heavy atom. The van der Waals surface area contributed by atoms with E-state index >= 15 is 0 Å². The van der Waals surface area contributed by atoms with Crippen LogP contribution in [0.1, 0.15) is 17.5 Å². The SMILES string of the molecule is Cc1nc(CCn2ccnc2C)n(-c2ccc(S(N)(=O)=O)cc2)n1. The summed E-state index contributed by atoms with van der Waals surface area (Å²) < 4.78 is 26.5. The van der Waals surface area contributed by atoms with Gasteiger partial charge in [0.2, 0.25) is 10.0 Å². The molecule has 0 saturated heterocycles. The molecule has 0 amide bonds. The van der Waals surface area contributed by atoms with Crippen LogP contribution in [0.2, 0.25) is 0 Å². The molecule has 8 nitrogen and oxygen atoms in total. The van der Waals surface area contributed by atoms with Gasteiger partial charge in [-0.05, 0) is 38.1 Å². The zero-order chi connectivity index (χ0) is 17.3. The van der Waals surface area contributed by atoms with E-state index < -0.39 is 10.0 Å². The lowest BCUT2D eigenvalue weighted by Crippen LogP contribution is -2.12. The lowest BCUT2D eigenvalue weighted by atomic mass is 10.3. The quantitative estimate of drug-likeness (QED) is 0.740. The molecule has 0 aliphatic rings. The minimum absolute atomic E-state index is 0.0682. The predicted octanol–water partition coefficient (Wildman–Crippen LogP) is 0.971. The van der Waals surface area contributed by atoms with Crippen LogP contribution in [0.5, 0.6) is 0 Å². The van der Waals surface area contributed by atoms with Gasteiger partial charge in [0, 0.05) is 25.4 Å². The number of nitrogens with two attached hydrogens (primary N) is 1. The zero-order valence-electron chi connectivity index (χ0n) is 13.4. The van der Waals surface area contributed by atoms with Gasteiger partial charge in [0.25, 0.3) is 0 Å². The Morgan fingerprint density at radius 2 is 1.88 bits per heavy atom. The van der Waals surface area contributed by atoms with Crippen molar-refractivity contribution in [3.63, 3.8) is 0 Å². The average Bonchev–Trinajstić information content (AvgIpc) is 3.10. The maximum absolute atomic E-state index is 11.4. The first kappa shape index (κ1) is 16.3. The average molecular weight is 346 g/mol. The van der Waals surface area contributed by atoms with Crippen LogP contribution in [-0.4, -0.2) is 32.7 Å². The van der Waals surface area contributed by atoms with E-state index in [1.54, 1.807) is 23.0 Å². The molecule has 0 aliphatic heterocycles. The molecule has 24 heavy (non-hydrogen) atoms. The Bertz CT molecular complexity index is 956. The van der Waals surface area contributed by atoms with Crippen LogP contribution in [0.15, 0.2) is 41.6 Å². The van der Waals surface area contributed by atoms with E-state index in [1.807, 2.05) is 24.6 Å². The van der Waals surface area contributed by atoms with E-state index in [2.05, 4.69) is 15.1 Å². The highest BCUT2D eigenvalue weighted by Crippen LogP contribution is 2.15. The summed E-state index contributed by atoms with van der Waals surface area (Å²) >= 11 is 0. The van der Waals surface area contributed by atoms with E-state index in [0.29, 0.717) is 12.2 Å². The molecule has 3 rings (SSSR count). The van der Waals surface area contributed by atoms with Crippen LogP contribution < -0.4 is 5.14 Å². The highest BCUT2D eigenvalue weighted by atomic mass is 32.2. The van der Waals surface area contributed by atoms with Crippen molar-refractivity contribution in [1.82, 2.24) is 24.3 Å². The molecule has 2 aromatic heterocycles. The number of hydrogen-bond donors (Lipinski definition) is 1. The molecule has 0 bridgehead atoms. The molecule has 0 saturated carbocycles. The number of aryl methyl sites for hydroxylation is 4. The number of rotatable bonds is 5. The molecule has 0 atom stereocenters. The monoisotopic (exact) mass is 346 g/mol. The second kappa shape index (κ2) is 6.17. The van der Waals surface area contributed by atoms with Crippen molar-refractivity contribution in [2.45, 2.75) is 31.7 Å². The molecule has 0 radical (unpaired) electrons. The summed E-state index contributed by atoms with van der Waals surface area (Å²) in [5, 5.41) is 9.52. The molecule has 126 valence electrons. The summed E-state index contributed by atoms with van der Waals surface area (Å²) in [6.07, 6.45) is 4.36. The highest BCUT2D eigenvalue weighted by Gasteiger charge is 2.12. The Kier molecular flexibility index (Phi) is 4.20. The Hall–Kier alpha value is -2.52. The van der Waals surface area contributed by atoms with E-state index in [1.165, 1.54) is 12.1 Å². The third kappa shape index (κ3) is 3.36. The van der Waals surface area contributed by atoms with E-state index in [9.17, 15) is 8.42 Å². The van der Waals surface area contributed by atoms with Gasteiger partial charge in [0.1, 0.15) is 17.5 Å². The maximum atomic E-state index is 11.4. The smallest absolute Gasteiger partial charge is 0.238 e. The minimum atomic E-state index is -3.71. The number of benzene rings is 1. The van der Waals surface area contributed by atoms with E-state index in [0.717, 1.165) is 23.9 Å². The van der Waals surface area contributed by atoms with Gasteiger partial charge in [0.05, 0.1) is 10.6 Å². The van der Waals surface area contributed by atoms with Crippen molar-refractivity contribution < 1.29 is 8.42 Å². The second-order valence-electron chi connectivity index (χ2n) is 5.44. The first-order chi connectivity index (χ1) is 11.3. The van der Waals surface area contributed by atoms with Crippen LogP contribution >= 0.6 is 0 Å². The molecule has 2 heterocycles. The number of primary sulfonamides is 1. The Morgan fingerprint density at radius 1 is 1.17 bits per heavy atom. The van der Waals surface area contributed by atoms with Gasteiger partial charge in [-0.3, -0.25) is 0 Å². The van der Waals surface area contributed by atoms with Gasteiger partial charge in [-0.25, -0.2) is 28.2 Å². The van der Waals surface area contributed by atoms with Gasteiger partial charge >= 0.3 is 0 Å². The first-order valence-electron chi connectivity index (χ1n) is 7.38. The molecular formula is C15H18N6O2S. The van der Waals surface area contributed by atoms with Crippen LogP contribution in [0.3, 0.4) is 0 Å². The lowest BCUT2D eigenvalue weighted by molar-refractivity contribution is 0.597. The third-order valence-electron chi connectivity index (χ3n) is 3.69. The maximum Gasteiger partial charge on any atom is 0.238 e. The summed E-state index contributed by atoms with van der Waals surface area (Å²) in [4.78, 5) is 8.73. The third-order valence-corrected chi connectivity index (χ3v) is 4.62. The van der Waals surface area contributed by atoms with Crippen molar-refractivity contribution in [2.24, 2.45) is 5.14 Å². The summed E-state index contributed by atoms with van der Waals surface area (Å²) in [7, 11) is -3.71. The van der Waals surface area contributed by atoms with Gasteiger partial charge < -0.3 is 4.57 Å². The van der Waals surface area contributed by atoms with Gasteiger partial charge in [-0.15, -0.1) is 0 Å². The fourth-order valence-electron chi connectivity index (χ4n) is 2.47. The van der Waals surface area contributed by atoms with Crippen LogP contribution in [0.25, 0.3) is 5.69 Å². The van der Waals surface area contributed by atoms with Crippen molar-refractivity contribution in [2.75, 3.05) is 0 Å². The van der Waals surface area contributed by atoms with Crippen LogP contribution in [0, 0.1) is 13.8 Å². The van der Waals surface area contributed by atoms with Gasteiger partial charge in [-0.1, -0.05) is 0 Å². The number of hydrogen-bond acceptors (Lipinski definition) is 5. The molecule has 0 spiro atoms. The summed E-state index contributed by atoms with van der Waals surface area (Å²) in [5.74, 6) is 2.39. The molecule has 0 unspecified atom stereocenters. The summed E-state index contributed by atoms with van der Waals surface area (Å²) in [6, 6.07) is 6.26. The van der Waals surface area contributed by atoms with Gasteiger partial charge in [-0.2, -0.15) is 5.10 Å². The molecule has 0 fully saturated rings. The summed E-state index contributed by atoms with van der Waals surface area (Å²) in [6.45, 7) is 4.50. The largest absolute Gasteiger partial charge is 0.335 e. The van der Waals surface area contributed by atoms with Crippen LogP contribution in [0.4, 0.5) is 0 Å². The van der Waals surface area contributed by atoms with Crippen molar-refractivity contribution in [1.29, 1.82) is 0 Å². The fourth-order valence-corrected chi connectivity index (χ4v) is 2.98. The van der Waals surface area contributed by atoms with Crippen LogP contribution in [-0.2, 0) is 23.0 Å². The Labute approximate surface area is 140 Å². The predicted molar refractivity (Wildman–Crippen MR) is 88.1 cm³/mol. The minimum Gasteiger partial charge on any atom is -0.335 e. The lowest BCUT2D eigenvalue weighted by Gasteiger charge is -2.08. The number of aromatic nitrogens is 5. The number of nitrogens with zero attached hydrogens (tertiary/aromatic N) is 5. The van der Waals surface area contributed by atoms with Crippen molar-refractivity contribution in [3.8, 4) is 5.69 Å². The number of imidazole rings is 1. The fraction of sp³-hybridized carbons (Fsp3) is 0.267. The molecule has 0 aliphatic carbocycles. The van der Waals surface area contributed by atoms with E-state index in [4.69, 9.17) is 5.14 Å². The molecule has 3 aromatic rings. The summed E-state index contributed by atoms with van der Waals surface area (Å²) in [5.41, 5.74) is 0.736. The normalized spacial score (nSPS) is 11.8. The zero-order valence-corrected chi connectivity index (χ0v) is 14.2. The number of sulfonamides is 1. The van der Waals surface area contributed by atoms with E-state index in [-0.39, 0.29) is 4.90 Å². The van der Waals surface area contributed by atoms with Gasteiger partial charge in [0.15, 0.2) is 0 Å². The first-order valence-corrected chi connectivity index (χ1v) is 8.93. The molecule has 2 N–H and O–H groups in total. The van der Waals surface area contributed by atoms with Crippen molar-refractivity contribution in [3.05, 3.63) is 54.1 Å². The molecular weight excluding hydrogens is 328 g/mol. The Balaban J connectivity index is 1.87. The molecule has 1 aromatic carbocycles. The standard InChI is InChI=1S/C15H18N6O2S/c1-11-18-15(7-9-20-10-8-17-12(20)2)21(19-11)13-3-5-14(6-4-13)24(16,22)23/h3-6,8,10H,7,9H2,1-2H3,(H2,16,22,23). The highest BCUT2D eigenvalue weighted by molar-refractivity contribution is 7.89. The second-order valence-corrected chi connectivity index (χ2v) is 7.01. The van der Waals surface area contributed by atoms with Crippen molar-refractivity contribution >= 4 is 10.0 Å². The molecule has 9 heteroatoms. The topological polar surface area (TPSA) is 109 Å².